The molecule has 0 spiro atoms. The molecule has 1 aliphatic heterocycles. The predicted octanol–water partition coefficient (Wildman–Crippen LogP) is 6.53. The summed E-state index contributed by atoms with van der Waals surface area (Å²) in [6, 6.07) is 19.8. The quantitative estimate of drug-likeness (QED) is 0.323. The fourth-order valence-electron chi connectivity index (χ4n) is 3.33. The van der Waals surface area contributed by atoms with E-state index in [9.17, 15) is 0 Å². The van der Waals surface area contributed by atoms with E-state index >= 15 is 0 Å². The number of hydrogen-bond acceptors (Lipinski definition) is 4. The van der Waals surface area contributed by atoms with Crippen molar-refractivity contribution in [1.82, 2.24) is 4.90 Å². The lowest BCUT2D eigenvalue weighted by Crippen LogP contribution is -2.14. The van der Waals surface area contributed by atoms with E-state index in [2.05, 4.69) is 85.7 Å². The van der Waals surface area contributed by atoms with Crippen molar-refractivity contribution in [2.24, 2.45) is 0 Å². The molecule has 0 bridgehead atoms. The summed E-state index contributed by atoms with van der Waals surface area (Å²) in [5, 5.41) is 0. The monoisotopic (exact) mass is 407 g/mol. The Bertz CT molecular complexity index is 911. The third-order valence-corrected chi connectivity index (χ3v) is 6.96. The molecule has 3 aromatic rings. The molecule has 0 atom stereocenters. The van der Waals surface area contributed by atoms with Crippen molar-refractivity contribution in [2.75, 3.05) is 33.9 Å². The molecule has 2 aromatic carbocycles. The van der Waals surface area contributed by atoms with Crippen LogP contribution in [-0.4, -0.2) is 38.8 Å². The highest BCUT2D eigenvalue weighted by molar-refractivity contribution is 7.99. The average Bonchev–Trinajstić information content (AvgIpc) is 3.06. The van der Waals surface area contributed by atoms with Gasteiger partial charge < -0.3 is 9.64 Å². The number of benzene rings is 2. The van der Waals surface area contributed by atoms with E-state index in [1.54, 1.807) is 0 Å². The number of thiophene rings is 1. The predicted molar refractivity (Wildman–Crippen MR) is 122 cm³/mol. The van der Waals surface area contributed by atoms with Gasteiger partial charge in [-0.15, -0.1) is 11.3 Å². The van der Waals surface area contributed by atoms with Gasteiger partial charge in [0.1, 0.15) is 0 Å². The Hall–Kier alpha value is -1.85. The van der Waals surface area contributed by atoms with Crippen molar-refractivity contribution in [3.63, 3.8) is 0 Å². The second kappa shape index (κ2) is 9.10. The first-order valence-corrected chi connectivity index (χ1v) is 11.2. The van der Waals surface area contributed by atoms with Crippen LogP contribution in [0.5, 0.6) is 0 Å². The van der Waals surface area contributed by atoms with E-state index in [-0.39, 0.29) is 0 Å². The summed E-state index contributed by atoms with van der Waals surface area (Å²) in [7, 11) is 4.19. The molecule has 2 nitrogen and oxygen atoms in total. The largest absolute Gasteiger partial charge is 0.377 e. The molecule has 1 aromatic heterocycles. The molecule has 0 N–H and O–H groups in total. The molecular formula is C24H25NOS2. The lowest BCUT2D eigenvalue weighted by molar-refractivity contribution is 0.152. The van der Waals surface area contributed by atoms with E-state index < -0.39 is 0 Å². The van der Waals surface area contributed by atoms with Crippen LogP contribution in [-0.2, 0) is 4.74 Å². The maximum atomic E-state index is 5.73. The van der Waals surface area contributed by atoms with Gasteiger partial charge in [0.05, 0.1) is 6.61 Å². The zero-order valence-electron chi connectivity index (χ0n) is 16.4. The van der Waals surface area contributed by atoms with Crippen LogP contribution in [0.25, 0.3) is 27.6 Å². The minimum atomic E-state index is 0.666. The summed E-state index contributed by atoms with van der Waals surface area (Å²) in [5.74, 6) is 0. The molecule has 0 saturated heterocycles. The third kappa shape index (κ3) is 4.41. The maximum Gasteiger partial charge on any atom is 0.0650 e. The zero-order valence-corrected chi connectivity index (χ0v) is 18.0. The Kier molecular flexibility index (Phi) is 6.33. The number of hydrogen-bond donors (Lipinski definition) is 0. The van der Waals surface area contributed by atoms with E-state index in [4.69, 9.17) is 4.74 Å². The van der Waals surface area contributed by atoms with Gasteiger partial charge in [0.25, 0.3) is 0 Å². The Morgan fingerprint density at radius 1 is 0.929 bits per heavy atom. The molecular weight excluding hydrogens is 382 g/mol. The van der Waals surface area contributed by atoms with E-state index in [0.29, 0.717) is 6.61 Å². The van der Waals surface area contributed by atoms with Gasteiger partial charge >= 0.3 is 0 Å². The first-order valence-electron chi connectivity index (χ1n) is 9.62. The minimum Gasteiger partial charge on any atom is -0.377 e. The smallest absolute Gasteiger partial charge is 0.0650 e. The topological polar surface area (TPSA) is 12.5 Å². The lowest BCUT2D eigenvalue weighted by atomic mass is 10.0. The zero-order chi connectivity index (χ0) is 19.3. The van der Waals surface area contributed by atoms with E-state index in [1.165, 1.54) is 36.2 Å². The Morgan fingerprint density at radius 3 is 2.43 bits per heavy atom. The van der Waals surface area contributed by atoms with E-state index in [1.807, 2.05) is 23.1 Å². The van der Waals surface area contributed by atoms with Crippen molar-refractivity contribution in [3.05, 3.63) is 65.6 Å². The number of fused-ring (bicyclic) bond motifs is 5. The van der Waals surface area contributed by atoms with Gasteiger partial charge in [-0.25, -0.2) is 0 Å². The van der Waals surface area contributed by atoms with Crippen molar-refractivity contribution in [2.45, 2.75) is 16.2 Å². The van der Waals surface area contributed by atoms with Gasteiger partial charge in [-0.2, -0.15) is 0 Å². The fraction of sp³-hybridized carbons (Fsp3) is 0.250. The van der Waals surface area contributed by atoms with Gasteiger partial charge in [-0.1, -0.05) is 54.2 Å². The molecule has 28 heavy (non-hydrogen) atoms. The van der Waals surface area contributed by atoms with Gasteiger partial charge in [0.15, 0.2) is 0 Å². The molecule has 4 heteroatoms. The molecule has 0 aliphatic carbocycles. The molecule has 1 aliphatic rings. The summed E-state index contributed by atoms with van der Waals surface area (Å²) in [6.07, 6.45) is 5.40. The van der Waals surface area contributed by atoms with Gasteiger partial charge in [-0.05, 0) is 56.9 Å². The normalized spacial score (nSPS) is 12.7. The first kappa shape index (κ1) is 19.5. The van der Waals surface area contributed by atoms with Crippen molar-refractivity contribution in [3.8, 4) is 21.6 Å². The summed E-state index contributed by atoms with van der Waals surface area (Å²) >= 11 is 3.73. The van der Waals surface area contributed by atoms with E-state index in [0.717, 1.165) is 19.6 Å². The fourth-order valence-corrected chi connectivity index (χ4v) is 5.64. The summed E-state index contributed by atoms with van der Waals surface area (Å²) in [6.45, 7) is 2.54. The van der Waals surface area contributed by atoms with Gasteiger partial charge in [-0.3, -0.25) is 0 Å². The summed E-state index contributed by atoms with van der Waals surface area (Å²) in [4.78, 5) is 7.48. The van der Waals surface area contributed by atoms with Crippen LogP contribution in [0.3, 0.4) is 0 Å². The molecule has 0 radical (unpaired) electrons. The van der Waals surface area contributed by atoms with Crippen LogP contribution >= 0.6 is 23.1 Å². The van der Waals surface area contributed by atoms with Crippen LogP contribution in [0, 0.1) is 0 Å². The highest BCUT2D eigenvalue weighted by Crippen LogP contribution is 2.50. The van der Waals surface area contributed by atoms with Crippen LogP contribution in [0.15, 0.2) is 70.5 Å². The van der Waals surface area contributed by atoms with Crippen LogP contribution < -0.4 is 0 Å². The minimum absolute atomic E-state index is 0.666. The number of rotatable bonds is 7. The average molecular weight is 408 g/mol. The second-order valence-corrected chi connectivity index (χ2v) is 9.29. The molecule has 144 valence electrons. The maximum absolute atomic E-state index is 5.73. The molecule has 0 amide bonds. The Labute approximate surface area is 175 Å². The highest BCUT2D eigenvalue weighted by atomic mass is 32.2. The lowest BCUT2D eigenvalue weighted by Gasteiger charge is -2.08. The highest BCUT2D eigenvalue weighted by Gasteiger charge is 2.21. The molecule has 0 fully saturated rings. The van der Waals surface area contributed by atoms with Crippen molar-refractivity contribution in [1.29, 1.82) is 0 Å². The molecule has 0 unspecified atom stereocenters. The van der Waals surface area contributed by atoms with Crippen molar-refractivity contribution < 1.29 is 4.74 Å². The first-order chi connectivity index (χ1) is 13.7. The molecule has 0 saturated carbocycles. The van der Waals surface area contributed by atoms with Crippen LogP contribution in [0.4, 0.5) is 0 Å². The summed E-state index contributed by atoms with van der Waals surface area (Å²) in [5.41, 5.74) is 4.00. The summed E-state index contributed by atoms with van der Waals surface area (Å²) < 4.78 is 5.73. The van der Waals surface area contributed by atoms with Crippen molar-refractivity contribution >= 4 is 29.2 Å². The van der Waals surface area contributed by atoms with Gasteiger partial charge in [0.2, 0.25) is 0 Å². The number of nitrogens with zero attached hydrogens (tertiary/aromatic N) is 1. The van der Waals surface area contributed by atoms with Crippen LogP contribution in [0.1, 0.15) is 11.3 Å². The number of ether oxygens (including phenoxy) is 1. The Morgan fingerprint density at radius 2 is 1.64 bits per heavy atom. The van der Waals surface area contributed by atoms with Gasteiger partial charge in [0, 0.05) is 37.3 Å². The SMILES string of the molecule is CN(C)CCCOC/C=C/c1cc2c(s1)-c1ccccc1Sc1ccccc1-2. The second-order valence-electron chi connectivity index (χ2n) is 7.12. The standard InChI is InChI=1S/C24H25NOS2/c1-25(2)14-8-16-26-15-7-9-18-17-21-19-10-3-5-12-22(19)28-23-13-6-4-11-20(23)24(21)27-18/h3-7,9-13,17H,8,14-16H2,1-2H3/b9-7+. The third-order valence-electron chi connectivity index (χ3n) is 4.67. The molecule has 2 heterocycles. The molecule has 4 rings (SSSR count). The van der Waals surface area contributed by atoms with Crippen LogP contribution in [0.2, 0.25) is 0 Å². The Balaban J connectivity index is 1.54.